The van der Waals surface area contributed by atoms with E-state index in [0.717, 1.165) is 10.8 Å². The molecule has 1 aliphatic rings. The lowest BCUT2D eigenvalue weighted by atomic mass is 9.90. The van der Waals surface area contributed by atoms with E-state index >= 15 is 0 Å². The summed E-state index contributed by atoms with van der Waals surface area (Å²) >= 11 is 0. The van der Waals surface area contributed by atoms with Crippen molar-refractivity contribution in [3.63, 3.8) is 0 Å². The van der Waals surface area contributed by atoms with Crippen LogP contribution in [0.25, 0.3) is 10.9 Å². The number of rotatable bonds is 7. The van der Waals surface area contributed by atoms with E-state index in [9.17, 15) is 26.0 Å². The van der Waals surface area contributed by atoms with Crippen molar-refractivity contribution in [3.8, 4) is 17.6 Å². The third kappa shape index (κ3) is 6.96. The predicted molar refractivity (Wildman–Crippen MR) is 144 cm³/mol. The summed E-state index contributed by atoms with van der Waals surface area (Å²) in [7, 11) is -2.03. The Morgan fingerprint density at radius 1 is 1.15 bits per heavy atom. The molecule has 0 spiro atoms. The van der Waals surface area contributed by atoms with E-state index in [-0.39, 0.29) is 35.3 Å². The molecular weight excluding hydrogens is 536 g/mol. The van der Waals surface area contributed by atoms with Crippen LogP contribution in [-0.2, 0) is 16.4 Å². The zero-order valence-electron chi connectivity index (χ0n) is 21.5. The maximum Gasteiger partial charge on any atom is 0.406 e. The number of hydrogen-bond donors (Lipinski definition) is 3. The standard InChI is InChI=1S/C27H30F4N4O3S/c1-38-26-15-19(39(2,36)37)9-11-24(26)33-12-4-5-18-14-20-22(34-23-10-8-17(32)13-21(23)28)6-3-7-25(20)35(18)16-27(29,30)31/h3,6-7,9,11,14-15,17,21,23,33-34H,8,10,12-13,16,32H2,1-2H3/t17-,21-,23+/m0/s1. The molecule has 1 aliphatic carbocycles. The van der Waals surface area contributed by atoms with Crippen molar-refractivity contribution >= 4 is 32.1 Å². The highest BCUT2D eigenvalue weighted by Gasteiger charge is 2.31. The van der Waals surface area contributed by atoms with Gasteiger partial charge in [-0.1, -0.05) is 12.0 Å². The van der Waals surface area contributed by atoms with E-state index in [4.69, 9.17) is 10.5 Å². The van der Waals surface area contributed by atoms with E-state index in [0.29, 0.717) is 35.1 Å². The highest BCUT2D eigenvalue weighted by molar-refractivity contribution is 7.90. The summed E-state index contributed by atoms with van der Waals surface area (Å²) in [6.07, 6.45) is -3.14. The molecule has 39 heavy (non-hydrogen) atoms. The Bertz CT molecular complexity index is 1510. The Morgan fingerprint density at radius 3 is 2.59 bits per heavy atom. The molecule has 0 saturated heterocycles. The van der Waals surface area contributed by atoms with Crippen LogP contribution in [0.4, 0.5) is 28.9 Å². The topological polar surface area (TPSA) is 98.4 Å². The summed E-state index contributed by atoms with van der Waals surface area (Å²) in [5, 5.41) is 6.68. The van der Waals surface area contributed by atoms with Gasteiger partial charge in [0.2, 0.25) is 0 Å². The fraction of sp³-hybridized carbons (Fsp3) is 0.407. The van der Waals surface area contributed by atoms with E-state index < -0.39 is 34.8 Å². The first kappa shape index (κ1) is 28.6. The van der Waals surface area contributed by atoms with Crippen LogP contribution in [0.15, 0.2) is 47.4 Å². The number of methoxy groups -OCH3 is 1. The maximum absolute atomic E-state index is 14.6. The van der Waals surface area contributed by atoms with Crippen molar-refractivity contribution in [2.45, 2.75) is 55.1 Å². The van der Waals surface area contributed by atoms with Gasteiger partial charge in [-0.3, -0.25) is 0 Å². The Hall–Kier alpha value is -3.43. The van der Waals surface area contributed by atoms with Crippen LogP contribution >= 0.6 is 0 Å². The van der Waals surface area contributed by atoms with Gasteiger partial charge in [-0.25, -0.2) is 12.8 Å². The first-order chi connectivity index (χ1) is 18.4. The van der Waals surface area contributed by atoms with Crippen molar-refractivity contribution in [1.29, 1.82) is 0 Å². The number of ether oxygens (including phenoxy) is 1. The Morgan fingerprint density at radius 2 is 1.92 bits per heavy atom. The zero-order valence-corrected chi connectivity index (χ0v) is 22.3. The monoisotopic (exact) mass is 566 g/mol. The van der Waals surface area contributed by atoms with E-state index in [1.807, 2.05) is 0 Å². The molecule has 0 radical (unpaired) electrons. The minimum Gasteiger partial charge on any atom is -0.495 e. The molecule has 0 amide bonds. The van der Waals surface area contributed by atoms with Gasteiger partial charge < -0.3 is 25.7 Å². The van der Waals surface area contributed by atoms with Crippen molar-refractivity contribution in [1.82, 2.24) is 4.57 Å². The normalized spacial score (nSPS) is 19.8. The number of nitrogens with two attached hydrogens (primary N) is 1. The molecule has 12 heteroatoms. The summed E-state index contributed by atoms with van der Waals surface area (Å²) in [6.45, 7) is -1.18. The quantitative estimate of drug-likeness (QED) is 0.283. The fourth-order valence-electron chi connectivity index (χ4n) is 4.69. The van der Waals surface area contributed by atoms with Crippen LogP contribution in [0.2, 0.25) is 0 Å². The molecule has 0 aliphatic heterocycles. The lowest BCUT2D eigenvalue weighted by molar-refractivity contribution is -0.140. The second-order valence-corrected chi connectivity index (χ2v) is 11.6. The number of aromatic nitrogens is 1. The Labute approximate surface area is 224 Å². The number of nitrogens with one attached hydrogen (secondary N) is 2. The van der Waals surface area contributed by atoms with Crippen LogP contribution in [0, 0.1) is 11.8 Å². The van der Waals surface area contributed by atoms with Crippen LogP contribution < -0.4 is 21.1 Å². The summed E-state index contributed by atoms with van der Waals surface area (Å²) in [6, 6.07) is 10.1. The Kier molecular flexibility index (Phi) is 8.32. The molecule has 1 heterocycles. The van der Waals surface area contributed by atoms with Crippen molar-refractivity contribution < 1.29 is 30.7 Å². The second kappa shape index (κ2) is 11.4. The average Bonchev–Trinajstić information content (AvgIpc) is 3.19. The van der Waals surface area contributed by atoms with E-state index in [1.165, 1.54) is 25.3 Å². The summed E-state index contributed by atoms with van der Waals surface area (Å²) in [5.74, 6) is 5.93. The van der Waals surface area contributed by atoms with Crippen LogP contribution in [-0.4, -0.2) is 57.3 Å². The van der Waals surface area contributed by atoms with Crippen LogP contribution in [0.1, 0.15) is 25.0 Å². The average molecular weight is 567 g/mol. The molecule has 4 rings (SSSR count). The molecule has 3 aromatic rings. The third-order valence-corrected chi connectivity index (χ3v) is 7.73. The summed E-state index contributed by atoms with van der Waals surface area (Å²) in [4.78, 5) is 0.0900. The minimum absolute atomic E-state index is 0.0547. The van der Waals surface area contributed by atoms with E-state index in [2.05, 4.69) is 22.5 Å². The molecule has 0 unspecified atom stereocenters. The summed E-state index contributed by atoms with van der Waals surface area (Å²) < 4.78 is 85.0. The number of anilines is 2. The molecule has 0 bridgehead atoms. The number of nitrogens with zero attached hydrogens (tertiary/aromatic N) is 1. The van der Waals surface area contributed by atoms with Gasteiger partial charge >= 0.3 is 6.18 Å². The minimum atomic E-state index is -4.48. The number of benzene rings is 2. The lowest BCUT2D eigenvalue weighted by Crippen LogP contribution is -2.41. The lowest BCUT2D eigenvalue weighted by Gasteiger charge is -2.31. The zero-order chi connectivity index (χ0) is 28.4. The van der Waals surface area contributed by atoms with Gasteiger partial charge in [0.05, 0.1) is 41.5 Å². The predicted octanol–water partition coefficient (Wildman–Crippen LogP) is 4.71. The smallest absolute Gasteiger partial charge is 0.406 e. The van der Waals surface area contributed by atoms with Crippen LogP contribution in [0.5, 0.6) is 5.75 Å². The second-order valence-electron chi connectivity index (χ2n) is 9.60. The van der Waals surface area contributed by atoms with E-state index in [1.54, 1.807) is 24.3 Å². The van der Waals surface area contributed by atoms with Crippen LogP contribution in [0.3, 0.4) is 0 Å². The van der Waals surface area contributed by atoms with Gasteiger partial charge in [-0.2, -0.15) is 13.2 Å². The molecular formula is C27H30F4N4O3S. The molecule has 2 aromatic carbocycles. The molecule has 1 fully saturated rings. The SMILES string of the molecule is COc1cc(S(C)(=O)=O)ccc1NCC#Cc1cc2c(N[C@@H]3CC[C@H](N)C[C@@H]3F)cccc2n1CC(F)(F)F. The number of halogens is 4. The van der Waals surface area contributed by atoms with Crippen molar-refractivity contribution in [2.24, 2.45) is 5.73 Å². The van der Waals surface area contributed by atoms with Gasteiger partial charge in [0.25, 0.3) is 0 Å². The van der Waals surface area contributed by atoms with Crippen molar-refractivity contribution in [2.75, 3.05) is 30.5 Å². The molecule has 3 atom stereocenters. The first-order valence-corrected chi connectivity index (χ1v) is 14.2. The first-order valence-electron chi connectivity index (χ1n) is 12.3. The van der Waals surface area contributed by atoms with Gasteiger partial charge in [0.1, 0.15) is 18.5 Å². The number of alkyl halides is 4. The highest BCUT2D eigenvalue weighted by Crippen LogP contribution is 2.33. The largest absolute Gasteiger partial charge is 0.495 e. The maximum atomic E-state index is 14.6. The molecule has 4 N–H and O–H groups in total. The number of sulfone groups is 1. The summed E-state index contributed by atoms with van der Waals surface area (Å²) in [5.41, 5.74) is 7.36. The van der Waals surface area contributed by atoms with Gasteiger partial charge in [0, 0.05) is 29.4 Å². The molecule has 1 aromatic heterocycles. The van der Waals surface area contributed by atoms with Crippen molar-refractivity contribution in [3.05, 3.63) is 48.2 Å². The number of fused-ring (bicyclic) bond motifs is 1. The number of hydrogen-bond acceptors (Lipinski definition) is 6. The molecule has 210 valence electrons. The van der Waals surface area contributed by atoms with Gasteiger partial charge in [-0.15, -0.1) is 0 Å². The highest BCUT2D eigenvalue weighted by atomic mass is 32.2. The van der Waals surface area contributed by atoms with Gasteiger partial charge in [-0.05, 0) is 55.5 Å². The molecule has 1 saturated carbocycles. The fourth-order valence-corrected chi connectivity index (χ4v) is 5.33. The molecule has 7 nitrogen and oxygen atoms in total. The third-order valence-electron chi connectivity index (χ3n) is 6.62. The van der Waals surface area contributed by atoms with Gasteiger partial charge in [0.15, 0.2) is 9.84 Å². The Balaban J connectivity index is 1.61.